The van der Waals surface area contributed by atoms with E-state index in [1.165, 1.54) is 24.6 Å². The van der Waals surface area contributed by atoms with Gasteiger partial charge in [0.1, 0.15) is 11.3 Å². The van der Waals surface area contributed by atoms with Crippen LogP contribution in [0.25, 0.3) is 0 Å². The van der Waals surface area contributed by atoms with Crippen LogP contribution < -0.4 is 4.90 Å². The van der Waals surface area contributed by atoms with Crippen molar-refractivity contribution in [2.45, 2.75) is 38.1 Å². The summed E-state index contributed by atoms with van der Waals surface area (Å²) >= 11 is 5.86. The number of rotatable bonds is 5. The van der Waals surface area contributed by atoms with Crippen LogP contribution in [-0.2, 0) is 9.53 Å². The number of halogens is 1. The van der Waals surface area contributed by atoms with E-state index in [4.69, 9.17) is 16.3 Å². The number of benzene rings is 2. The average molecular weight is 388 g/mol. The molecule has 1 amide bonds. The summed E-state index contributed by atoms with van der Waals surface area (Å²) in [5, 5.41) is 10.1. The molecular formula is C21H22ClNO4. The summed E-state index contributed by atoms with van der Waals surface area (Å²) in [5.41, 5.74) is 0.746. The standard InChI is InChI=1S/C21H22ClNO4/c22-15-11-12-19(24)18(13-15)21(26)27-14-20(25)23(16-7-3-1-4-8-16)17-9-5-2-6-10-17/h1,3-4,7-8,11-13,17,24H,2,5-6,9-10,14H2. The molecule has 1 aliphatic rings. The maximum Gasteiger partial charge on any atom is 0.342 e. The Bertz CT molecular complexity index is 803. The lowest BCUT2D eigenvalue weighted by Gasteiger charge is -2.34. The van der Waals surface area contributed by atoms with Crippen LogP contribution in [-0.4, -0.2) is 29.6 Å². The van der Waals surface area contributed by atoms with Crippen molar-refractivity contribution in [3.8, 4) is 5.75 Å². The maximum absolute atomic E-state index is 12.9. The third-order valence-corrected chi connectivity index (χ3v) is 4.98. The summed E-state index contributed by atoms with van der Waals surface area (Å²) in [6.45, 7) is -0.393. The van der Waals surface area contributed by atoms with E-state index in [2.05, 4.69) is 0 Å². The third-order valence-electron chi connectivity index (χ3n) is 4.75. The fourth-order valence-electron chi connectivity index (χ4n) is 3.43. The molecule has 0 unspecified atom stereocenters. The molecule has 0 saturated heterocycles. The van der Waals surface area contributed by atoms with Gasteiger partial charge in [-0.2, -0.15) is 0 Å². The van der Waals surface area contributed by atoms with Crippen molar-refractivity contribution in [1.82, 2.24) is 0 Å². The van der Waals surface area contributed by atoms with Crippen LogP contribution in [0.15, 0.2) is 48.5 Å². The Hall–Kier alpha value is -2.53. The number of aromatic hydroxyl groups is 1. The number of hydrogen-bond donors (Lipinski definition) is 1. The van der Waals surface area contributed by atoms with Gasteiger partial charge in [0.25, 0.3) is 5.91 Å². The van der Waals surface area contributed by atoms with Crippen LogP contribution in [0.3, 0.4) is 0 Å². The maximum atomic E-state index is 12.9. The molecule has 1 saturated carbocycles. The average Bonchev–Trinajstić information content (AvgIpc) is 2.70. The van der Waals surface area contributed by atoms with Crippen LogP contribution in [0.5, 0.6) is 5.75 Å². The van der Waals surface area contributed by atoms with Gasteiger partial charge in [-0.15, -0.1) is 0 Å². The fraction of sp³-hybridized carbons (Fsp3) is 0.333. The van der Waals surface area contributed by atoms with E-state index < -0.39 is 12.6 Å². The molecule has 142 valence electrons. The van der Waals surface area contributed by atoms with Crippen LogP contribution in [0, 0.1) is 0 Å². The molecule has 0 bridgehead atoms. The Morgan fingerprint density at radius 3 is 2.48 bits per heavy atom. The highest BCUT2D eigenvalue weighted by atomic mass is 35.5. The summed E-state index contributed by atoms with van der Waals surface area (Å²) in [4.78, 5) is 26.9. The summed E-state index contributed by atoms with van der Waals surface area (Å²) in [5.74, 6) is -1.29. The first-order valence-electron chi connectivity index (χ1n) is 9.09. The number of hydrogen-bond acceptors (Lipinski definition) is 4. The van der Waals surface area contributed by atoms with E-state index in [1.807, 2.05) is 30.3 Å². The fourth-order valence-corrected chi connectivity index (χ4v) is 3.60. The molecule has 6 heteroatoms. The van der Waals surface area contributed by atoms with Gasteiger partial charge in [-0.3, -0.25) is 4.79 Å². The molecule has 5 nitrogen and oxygen atoms in total. The number of carbonyl (C=O) groups is 2. The van der Waals surface area contributed by atoms with Crippen molar-refractivity contribution < 1.29 is 19.4 Å². The molecule has 27 heavy (non-hydrogen) atoms. The van der Waals surface area contributed by atoms with Crippen molar-refractivity contribution in [3.63, 3.8) is 0 Å². The summed E-state index contributed by atoms with van der Waals surface area (Å²) in [7, 11) is 0. The number of anilines is 1. The second kappa shape index (κ2) is 8.91. The number of phenolic OH excluding ortho intramolecular Hbond substituents is 1. The van der Waals surface area contributed by atoms with E-state index in [1.54, 1.807) is 4.90 Å². The molecule has 0 radical (unpaired) electrons. The molecule has 2 aromatic carbocycles. The molecule has 0 spiro atoms. The van der Waals surface area contributed by atoms with Gasteiger partial charge in [0, 0.05) is 16.8 Å². The van der Waals surface area contributed by atoms with Crippen molar-refractivity contribution in [1.29, 1.82) is 0 Å². The highest BCUT2D eigenvalue weighted by Gasteiger charge is 2.28. The van der Waals surface area contributed by atoms with Crippen LogP contribution >= 0.6 is 11.6 Å². The molecule has 3 rings (SSSR count). The summed E-state index contributed by atoms with van der Waals surface area (Å²) in [6.07, 6.45) is 5.21. The van der Waals surface area contributed by atoms with Gasteiger partial charge in [-0.05, 0) is 43.2 Å². The zero-order chi connectivity index (χ0) is 19.2. The first-order valence-corrected chi connectivity index (χ1v) is 9.47. The molecule has 1 aliphatic carbocycles. The Kier molecular flexibility index (Phi) is 6.35. The Morgan fingerprint density at radius 1 is 1.07 bits per heavy atom. The Labute approximate surface area is 163 Å². The lowest BCUT2D eigenvalue weighted by Crippen LogP contribution is -2.43. The normalized spacial score (nSPS) is 14.6. The van der Waals surface area contributed by atoms with Crippen LogP contribution in [0.1, 0.15) is 42.5 Å². The topological polar surface area (TPSA) is 66.8 Å². The minimum atomic E-state index is -0.778. The molecule has 2 aromatic rings. The Morgan fingerprint density at radius 2 is 1.78 bits per heavy atom. The van der Waals surface area contributed by atoms with E-state index >= 15 is 0 Å². The lowest BCUT2D eigenvalue weighted by molar-refractivity contribution is -0.122. The quantitative estimate of drug-likeness (QED) is 0.763. The van der Waals surface area contributed by atoms with E-state index in [0.717, 1.165) is 31.4 Å². The highest BCUT2D eigenvalue weighted by molar-refractivity contribution is 6.31. The molecule has 0 aliphatic heterocycles. The van der Waals surface area contributed by atoms with Crippen molar-refractivity contribution in [2.24, 2.45) is 0 Å². The monoisotopic (exact) mass is 387 g/mol. The molecule has 0 aromatic heterocycles. The second-order valence-corrected chi connectivity index (χ2v) is 7.07. The zero-order valence-corrected chi connectivity index (χ0v) is 15.7. The largest absolute Gasteiger partial charge is 0.507 e. The lowest BCUT2D eigenvalue weighted by atomic mass is 9.93. The minimum absolute atomic E-state index is 0.0563. The molecule has 0 heterocycles. The first kappa shape index (κ1) is 19.2. The van der Waals surface area contributed by atoms with Gasteiger partial charge in [0.05, 0.1) is 0 Å². The van der Waals surface area contributed by atoms with E-state index in [9.17, 15) is 14.7 Å². The van der Waals surface area contributed by atoms with E-state index in [0.29, 0.717) is 5.02 Å². The SMILES string of the molecule is O=C(OCC(=O)N(c1ccccc1)C1CCCCC1)c1cc(Cl)ccc1O. The minimum Gasteiger partial charge on any atom is -0.507 e. The van der Waals surface area contributed by atoms with Gasteiger partial charge in [-0.25, -0.2) is 4.79 Å². The molecule has 1 N–H and O–H groups in total. The number of phenols is 1. The second-order valence-electron chi connectivity index (χ2n) is 6.63. The number of amides is 1. The van der Waals surface area contributed by atoms with Gasteiger partial charge >= 0.3 is 5.97 Å². The number of esters is 1. The van der Waals surface area contributed by atoms with Gasteiger partial charge in [0.15, 0.2) is 6.61 Å². The van der Waals surface area contributed by atoms with Crippen LogP contribution in [0.4, 0.5) is 5.69 Å². The third kappa shape index (κ3) is 4.80. The highest BCUT2D eigenvalue weighted by Crippen LogP contribution is 2.28. The van der Waals surface area contributed by atoms with Gasteiger partial charge in [0.2, 0.25) is 0 Å². The van der Waals surface area contributed by atoms with Gasteiger partial charge < -0.3 is 14.7 Å². The predicted molar refractivity (Wildman–Crippen MR) is 104 cm³/mol. The van der Waals surface area contributed by atoms with Crippen molar-refractivity contribution >= 4 is 29.2 Å². The summed E-state index contributed by atoms with van der Waals surface area (Å²) in [6, 6.07) is 13.6. The molecule has 1 fully saturated rings. The number of nitrogens with zero attached hydrogens (tertiary/aromatic N) is 1. The van der Waals surface area contributed by atoms with Gasteiger partial charge in [-0.1, -0.05) is 49.1 Å². The first-order chi connectivity index (χ1) is 13.1. The number of para-hydroxylation sites is 1. The van der Waals surface area contributed by atoms with Crippen LogP contribution in [0.2, 0.25) is 5.02 Å². The summed E-state index contributed by atoms with van der Waals surface area (Å²) < 4.78 is 5.17. The number of ether oxygens (including phenoxy) is 1. The zero-order valence-electron chi connectivity index (χ0n) is 14.9. The Balaban J connectivity index is 1.72. The number of carbonyl (C=O) groups excluding carboxylic acids is 2. The predicted octanol–water partition coefficient (Wildman–Crippen LogP) is 4.57. The smallest absolute Gasteiger partial charge is 0.342 e. The van der Waals surface area contributed by atoms with Crippen molar-refractivity contribution in [2.75, 3.05) is 11.5 Å². The molecule has 0 atom stereocenters. The van der Waals surface area contributed by atoms with E-state index in [-0.39, 0.29) is 23.3 Å². The van der Waals surface area contributed by atoms with Crippen molar-refractivity contribution in [3.05, 3.63) is 59.1 Å². The molecular weight excluding hydrogens is 366 g/mol.